The monoisotopic (exact) mass is 1560 g/mol. The highest BCUT2D eigenvalue weighted by atomic mass is 31.2. The van der Waals surface area contributed by atoms with Crippen molar-refractivity contribution in [2.45, 2.75) is 490 Å². The smallest absolute Gasteiger partial charge is 0.462 e. The molecule has 3 unspecified atom stereocenters. The van der Waals surface area contributed by atoms with Crippen LogP contribution in [0.5, 0.6) is 0 Å². The van der Waals surface area contributed by atoms with Crippen LogP contribution >= 0.6 is 15.6 Å². The normalized spacial score (nSPS) is 14.0. The lowest BCUT2D eigenvalue weighted by molar-refractivity contribution is -0.161. The number of hydrogen-bond donors (Lipinski definition) is 3. The summed E-state index contributed by atoms with van der Waals surface area (Å²) in [7, 11) is -9.93. The third-order valence-electron chi connectivity index (χ3n) is 21.1. The third kappa shape index (κ3) is 80.5. The van der Waals surface area contributed by atoms with Gasteiger partial charge in [0.2, 0.25) is 0 Å². The van der Waals surface area contributed by atoms with Crippen LogP contribution in [-0.4, -0.2) is 96.7 Å². The first-order valence-electron chi connectivity index (χ1n) is 45.5. The minimum atomic E-state index is -4.97. The molecule has 0 aromatic carbocycles. The quantitative estimate of drug-likeness (QED) is 0.0222. The lowest BCUT2D eigenvalue weighted by atomic mass is 9.99. The average Bonchev–Trinajstić information content (AvgIpc) is 0.923. The second-order valence-electron chi connectivity index (χ2n) is 32.4. The summed E-state index contributed by atoms with van der Waals surface area (Å²) in [4.78, 5) is 73.2. The van der Waals surface area contributed by atoms with Crippen LogP contribution in [0.1, 0.15) is 472 Å². The minimum absolute atomic E-state index is 0.107. The predicted molar refractivity (Wildman–Crippen MR) is 442 cm³/mol. The van der Waals surface area contributed by atoms with Gasteiger partial charge in [0.1, 0.15) is 19.3 Å². The maximum Gasteiger partial charge on any atom is 0.472 e. The molecule has 0 saturated carbocycles. The fraction of sp³-hybridized carbons (Fsp3) is 0.955. The molecule has 0 bridgehead atoms. The molecule has 6 atom stereocenters. The van der Waals surface area contributed by atoms with Gasteiger partial charge >= 0.3 is 39.5 Å². The van der Waals surface area contributed by atoms with Crippen LogP contribution in [0.15, 0.2) is 0 Å². The number of carbonyl (C=O) groups is 4. The number of rotatable bonds is 87. The van der Waals surface area contributed by atoms with Crippen LogP contribution in [0.2, 0.25) is 0 Å². The molecular formula is C88H172O17P2. The predicted octanol–water partition coefficient (Wildman–Crippen LogP) is 27.0. The molecule has 0 saturated heterocycles. The van der Waals surface area contributed by atoms with E-state index >= 15 is 0 Å². The Balaban J connectivity index is 5.21. The molecule has 0 rings (SSSR count). The van der Waals surface area contributed by atoms with E-state index in [1.807, 2.05) is 0 Å². The topological polar surface area (TPSA) is 237 Å². The van der Waals surface area contributed by atoms with Gasteiger partial charge in [0.15, 0.2) is 12.2 Å². The van der Waals surface area contributed by atoms with Crippen molar-refractivity contribution in [3.05, 3.63) is 0 Å². The van der Waals surface area contributed by atoms with Gasteiger partial charge in [0.25, 0.3) is 0 Å². The van der Waals surface area contributed by atoms with E-state index in [1.54, 1.807) is 0 Å². The molecule has 3 N–H and O–H groups in total. The molecule has 0 aromatic rings. The van der Waals surface area contributed by atoms with Crippen LogP contribution in [0.3, 0.4) is 0 Å². The molecule has 107 heavy (non-hydrogen) atoms. The number of aliphatic hydroxyl groups is 1. The summed E-state index contributed by atoms with van der Waals surface area (Å²) >= 11 is 0. The second kappa shape index (κ2) is 79.3. The van der Waals surface area contributed by atoms with Gasteiger partial charge in [-0.2, -0.15) is 0 Å². The summed E-state index contributed by atoms with van der Waals surface area (Å²) in [5.74, 6) is -0.503. The fourth-order valence-electron chi connectivity index (χ4n) is 13.7. The first-order valence-corrected chi connectivity index (χ1v) is 48.5. The van der Waals surface area contributed by atoms with Gasteiger partial charge < -0.3 is 33.8 Å². The van der Waals surface area contributed by atoms with E-state index in [2.05, 4.69) is 41.5 Å². The molecule has 0 fully saturated rings. The summed E-state index contributed by atoms with van der Waals surface area (Å²) in [5.41, 5.74) is 0. The van der Waals surface area contributed by atoms with E-state index in [1.165, 1.54) is 289 Å². The molecule has 19 heteroatoms. The third-order valence-corrected chi connectivity index (χ3v) is 23.0. The summed E-state index contributed by atoms with van der Waals surface area (Å²) in [6, 6.07) is 0. The lowest BCUT2D eigenvalue weighted by Gasteiger charge is -2.21. The minimum Gasteiger partial charge on any atom is -0.462 e. The maximum atomic E-state index is 13.2. The van der Waals surface area contributed by atoms with E-state index < -0.39 is 97.5 Å². The summed E-state index contributed by atoms with van der Waals surface area (Å²) < 4.78 is 68.9. The van der Waals surface area contributed by atoms with Crippen molar-refractivity contribution < 1.29 is 80.2 Å². The molecule has 0 spiro atoms. The van der Waals surface area contributed by atoms with Gasteiger partial charge in [-0.25, -0.2) is 9.13 Å². The Hall–Kier alpha value is -1.94. The molecule has 0 radical (unpaired) electrons. The van der Waals surface area contributed by atoms with Gasteiger partial charge in [-0.05, 0) is 37.5 Å². The molecule has 0 aliphatic carbocycles. The number of aliphatic hydroxyl groups excluding tert-OH is 1. The average molecular weight is 1560 g/mol. The number of unbranched alkanes of at least 4 members (excludes halogenated alkanes) is 56. The van der Waals surface area contributed by atoms with Gasteiger partial charge in [0, 0.05) is 25.7 Å². The molecule has 0 aliphatic rings. The lowest BCUT2D eigenvalue weighted by Crippen LogP contribution is -2.30. The molecular weight excluding hydrogens is 1390 g/mol. The van der Waals surface area contributed by atoms with E-state index in [0.717, 1.165) is 102 Å². The van der Waals surface area contributed by atoms with Crippen molar-refractivity contribution in [2.75, 3.05) is 39.6 Å². The maximum absolute atomic E-state index is 13.2. The Morgan fingerprint density at radius 2 is 0.477 bits per heavy atom. The number of esters is 4. The van der Waals surface area contributed by atoms with Crippen molar-refractivity contribution in [3.8, 4) is 0 Å². The largest absolute Gasteiger partial charge is 0.472 e. The summed E-state index contributed by atoms with van der Waals surface area (Å²) in [5, 5.41) is 10.7. The Labute approximate surface area is 658 Å². The Morgan fingerprint density at radius 1 is 0.271 bits per heavy atom. The fourth-order valence-corrected chi connectivity index (χ4v) is 15.3. The van der Waals surface area contributed by atoms with E-state index in [0.29, 0.717) is 25.7 Å². The van der Waals surface area contributed by atoms with Crippen LogP contribution in [0.4, 0.5) is 0 Å². The van der Waals surface area contributed by atoms with Gasteiger partial charge in [0.05, 0.1) is 26.4 Å². The summed E-state index contributed by atoms with van der Waals surface area (Å²) in [6.45, 7) is 9.71. The number of carbonyl (C=O) groups excluding carboxylic acids is 4. The van der Waals surface area contributed by atoms with Crippen molar-refractivity contribution in [1.29, 1.82) is 0 Å². The molecule has 0 heterocycles. The van der Waals surface area contributed by atoms with Crippen LogP contribution in [0, 0.1) is 11.8 Å². The standard InChI is InChI=1S/C88H172O17P2/c1-7-10-12-14-16-18-20-22-23-24-25-26-27-31-34-38-41-45-52-58-64-70-85(90)98-76-83(104-88(93)73-67-61-55-47-43-39-35-32-29-28-30-33-37-40-44-51-57-63-69-81(6)9-3)78-102-106(94,95)100-74-82(89)75-101-107(96,97)103-79-84(77-99-86(91)71-65-59-53-49-48-50-56-62-68-80(4)5)105-87(92)72-66-60-54-46-42-36-21-19-17-15-13-11-8-2/h80-84,89H,7-79H2,1-6H3,(H,94,95)(H,96,97)/t81?,82-,83-,84-/m1/s1. The number of hydrogen-bond acceptors (Lipinski definition) is 15. The van der Waals surface area contributed by atoms with Gasteiger partial charge in [-0.1, -0.05) is 420 Å². The van der Waals surface area contributed by atoms with E-state index in [9.17, 15) is 43.2 Å². The van der Waals surface area contributed by atoms with Crippen LogP contribution < -0.4 is 0 Å². The SMILES string of the molecule is CCCCCCCCCCCCCCCCCCCCCCCC(=O)OC[C@H](COP(=O)(O)OC[C@@H](O)COP(=O)(O)OC[C@@H](COC(=O)CCCCCCCCCCC(C)C)OC(=O)CCCCCCCCCCCCCCC)OC(=O)CCCCCCCCCCCCCCCCCCCCC(C)CC. The molecule has 17 nitrogen and oxygen atoms in total. The van der Waals surface area contributed by atoms with Crippen LogP contribution in [-0.2, 0) is 65.4 Å². The Kier molecular flexibility index (Phi) is 77.9. The van der Waals surface area contributed by atoms with Gasteiger partial charge in [-0.3, -0.25) is 37.3 Å². The highest BCUT2D eigenvalue weighted by molar-refractivity contribution is 7.47. The number of phosphoric ester groups is 2. The van der Waals surface area contributed by atoms with Gasteiger partial charge in [-0.15, -0.1) is 0 Å². The number of ether oxygens (including phenoxy) is 4. The molecule has 0 aromatic heterocycles. The van der Waals surface area contributed by atoms with Crippen LogP contribution in [0.25, 0.3) is 0 Å². The van der Waals surface area contributed by atoms with Crippen molar-refractivity contribution in [2.24, 2.45) is 11.8 Å². The highest BCUT2D eigenvalue weighted by Gasteiger charge is 2.31. The van der Waals surface area contributed by atoms with Crippen molar-refractivity contribution in [1.82, 2.24) is 0 Å². The molecule has 0 amide bonds. The first kappa shape index (κ1) is 105. The zero-order valence-electron chi connectivity index (χ0n) is 70.5. The number of phosphoric acid groups is 2. The summed E-state index contributed by atoms with van der Waals surface area (Å²) in [6.07, 6.45) is 72.3. The van der Waals surface area contributed by atoms with E-state index in [4.69, 9.17) is 37.0 Å². The molecule has 636 valence electrons. The zero-order valence-corrected chi connectivity index (χ0v) is 72.2. The Morgan fingerprint density at radius 3 is 0.710 bits per heavy atom. The Bertz CT molecular complexity index is 2050. The van der Waals surface area contributed by atoms with E-state index in [-0.39, 0.29) is 25.7 Å². The highest BCUT2D eigenvalue weighted by Crippen LogP contribution is 2.45. The van der Waals surface area contributed by atoms with Crippen molar-refractivity contribution >= 4 is 39.5 Å². The second-order valence-corrected chi connectivity index (χ2v) is 35.3. The first-order chi connectivity index (χ1) is 51.9. The zero-order chi connectivity index (χ0) is 78.5. The molecule has 0 aliphatic heterocycles. The van der Waals surface area contributed by atoms with Crippen molar-refractivity contribution in [3.63, 3.8) is 0 Å².